The lowest BCUT2D eigenvalue weighted by Crippen LogP contribution is -2.47. The van der Waals surface area contributed by atoms with Gasteiger partial charge in [0.15, 0.2) is 5.75 Å². The van der Waals surface area contributed by atoms with E-state index in [0.717, 1.165) is 31.7 Å². The lowest BCUT2D eigenvalue weighted by molar-refractivity contribution is -0.164. The first-order valence-electron chi connectivity index (χ1n) is 27.3. The van der Waals surface area contributed by atoms with Gasteiger partial charge in [0.2, 0.25) is 5.91 Å². The second-order valence-electron chi connectivity index (χ2n) is 22.6. The summed E-state index contributed by atoms with van der Waals surface area (Å²) in [4.78, 5) is 70.5. The number of nitrogens with zero attached hydrogens (tertiary/aromatic N) is 4. The maximum absolute atomic E-state index is 15.0. The highest BCUT2D eigenvalue weighted by Gasteiger charge is 2.51. The molecule has 2 amide bonds. The van der Waals surface area contributed by atoms with E-state index < -0.39 is 101 Å². The molecule has 18 nitrogen and oxygen atoms in total. The van der Waals surface area contributed by atoms with E-state index in [9.17, 15) is 39.6 Å². The van der Waals surface area contributed by atoms with E-state index in [1.165, 1.54) is 51.7 Å². The molecule has 77 heavy (non-hydrogen) atoms. The first-order valence-corrected chi connectivity index (χ1v) is 27.3. The van der Waals surface area contributed by atoms with Crippen LogP contribution in [0.25, 0.3) is 10.8 Å². The van der Waals surface area contributed by atoms with Crippen LogP contribution < -0.4 is 26.1 Å². The Hall–Kier alpha value is -6.18. The maximum Gasteiger partial charge on any atom is 0.315 e. The molecule has 9 atom stereocenters. The number of esters is 1. The minimum atomic E-state index is -2.02. The van der Waals surface area contributed by atoms with Gasteiger partial charge in [0.1, 0.15) is 40.4 Å². The second kappa shape index (κ2) is 23.4. The summed E-state index contributed by atoms with van der Waals surface area (Å²) < 4.78 is 24.7. The molecule has 3 aromatic rings. The number of ether oxygens (including phenoxy) is 4. The molecule has 6 aliphatic heterocycles. The quantitative estimate of drug-likeness (QED) is 0.0739. The number of methoxy groups -OCH3 is 1. The normalized spacial score (nSPS) is 29.6. The van der Waals surface area contributed by atoms with E-state index in [1.807, 2.05) is 12.1 Å². The Balaban J connectivity index is 1.13. The Labute approximate surface area is 450 Å². The van der Waals surface area contributed by atoms with Gasteiger partial charge in [-0.05, 0) is 69.5 Å². The van der Waals surface area contributed by atoms with Crippen molar-refractivity contribution in [2.45, 2.75) is 143 Å². The first-order chi connectivity index (χ1) is 36.5. The minimum Gasteiger partial charge on any atom is -0.507 e. The molecule has 0 saturated carbocycles. The number of aromatic hydroxyl groups is 2. The summed E-state index contributed by atoms with van der Waals surface area (Å²) in [6.45, 7) is 21.0. The number of piperidine rings is 2. The lowest BCUT2D eigenvalue weighted by atomic mass is 9.78. The Morgan fingerprint density at radius 3 is 2.23 bits per heavy atom. The van der Waals surface area contributed by atoms with Gasteiger partial charge in [-0.3, -0.25) is 29.1 Å². The Kier molecular flexibility index (Phi) is 17.3. The number of amides is 2. The Bertz CT molecular complexity index is 2960. The van der Waals surface area contributed by atoms with Crippen molar-refractivity contribution >= 4 is 45.7 Å². The average Bonchev–Trinajstić information content (AvgIpc) is 3.90. The van der Waals surface area contributed by atoms with Crippen LogP contribution in [0.2, 0.25) is 0 Å². The highest BCUT2D eigenvalue weighted by molar-refractivity contribution is 6.21. The van der Waals surface area contributed by atoms with Gasteiger partial charge in [0, 0.05) is 98.9 Å². The fourth-order valence-corrected chi connectivity index (χ4v) is 11.6. The number of aliphatic hydroxyl groups excluding tert-OH is 2. The minimum absolute atomic E-state index is 0.0223. The third-order valence-corrected chi connectivity index (χ3v) is 16.3. The number of nitrogens with one attached hydrogen (secondary N) is 2. The van der Waals surface area contributed by atoms with Crippen molar-refractivity contribution in [3.63, 3.8) is 0 Å². The third kappa shape index (κ3) is 12.0. The summed E-state index contributed by atoms with van der Waals surface area (Å²) in [5, 5.41) is 54.3. The number of carbonyl (C=O) groups excluding carboxylic acids is 4. The number of phenols is 2. The highest BCUT2D eigenvalue weighted by Crippen LogP contribution is 2.51. The molecule has 0 aromatic heterocycles. The summed E-state index contributed by atoms with van der Waals surface area (Å²) >= 11 is 0. The molecular weight excluding hydrogens is 985 g/mol. The van der Waals surface area contributed by atoms with Crippen molar-refractivity contribution in [2.75, 3.05) is 50.5 Å². The van der Waals surface area contributed by atoms with Crippen LogP contribution in [0.4, 0.5) is 11.4 Å². The van der Waals surface area contributed by atoms with Crippen LogP contribution in [-0.4, -0.2) is 129 Å². The zero-order valence-electron chi connectivity index (χ0n) is 46.2. The van der Waals surface area contributed by atoms with Gasteiger partial charge in [-0.15, -0.1) is 0 Å². The number of rotatable bonds is 9. The van der Waals surface area contributed by atoms with Gasteiger partial charge in [-0.2, -0.15) is 0 Å². The Morgan fingerprint density at radius 2 is 1.57 bits per heavy atom. The first kappa shape index (κ1) is 57.0. The number of aliphatic hydroxyl groups is 2. The molecule has 3 aromatic carbocycles. The fraction of sp³-hybridized carbons (Fsp3) is 0.559. The molecule has 9 rings (SSSR count). The highest BCUT2D eigenvalue weighted by atomic mass is 16.7. The molecule has 0 radical (unpaired) electrons. The Morgan fingerprint density at radius 1 is 0.883 bits per heavy atom. The van der Waals surface area contributed by atoms with Gasteiger partial charge in [0.05, 0.1) is 41.2 Å². The fourth-order valence-electron chi connectivity index (χ4n) is 11.6. The molecule has 6 aliphatic rings. The molecule has 2 fully saturated rings. The van der Waals surface area contributed by atoms with Crippen LogP contribution in [0.15, 0.2) is 70.4 Å². The van der Waals surface area contributed by atoms with E-state index in [1.54, 1.807) is 65.8 Å². The third-order valence-electron chi connectivity index (χ3n) is 16.3. The van der Waals surface area contributed by atoms with Crippen LogP contribution in [-0.2, 0) is 35.1 Å². The van der Waals surface area contributed by atoms with Gasteiger partial charge >= 0.3 is 11.8 Å². The van der Waals surface area contributed by atoms with Crippen LogP contribution in [0.3, 0.4) is 0 Å². The molecule has 0 unspecified atom stereocenters. The summed E-state index contributed by atoms with van der Waals surface area (Å²) in [5.41, 5.74) is 1.39. The number of benzene rings is 3. The number of likely N-dealkylation sites (tertiary alicyclic amines) is 2. The number of phenolic OH excluding ortho intramolecular Hbond substituents is 2. The number of hydrogen-bond donors (Lipinski definition) is 6. The standard InChI is InChI=1S/C59H78N6O12/c1-32(2)30-65-26-22-59(23-27-65)62-47-44-45-52(70)38(8)55-46(44)56(72)58(9,77-55)75-28-21-41(74-10)35(5)54(76-43(67)29-42(66)60-40-19-17-39(18-20-40)31-64-24-12-11-13-25-64)37(7)51(69)36(6)50(68)33(3)15-14-16-34(4)57(73)61-49(53(45)71)48(47)63-59/h14-21,28,32-33,35-37,41,50-51,54,62,68-71H,11-13,22-27,29-31H2,1-10H3,(H,60,66)/b15-14+,28-21+,34-16-,61-49?/t33-,35+,36+,37+,41-,50-,51+,54+,58-/m0/s1. The molecule has 18 heteroatoms. The summed E-state index contributed by atoms with van der Waals surface area (Å²) in [5.74, 6) is -8.22. The number of hydrogen-bond acceptors (Lipinski definition) is 16. The van der Waals surface area contributed by atoms with Gasteiger partial charge in [-0.25, -0.2) is 4.99 Å². The van der Waals surface area contributed by atoms with Crippen LogP contribution in [0.5, 0.6) is 17.2 Å². The number of Topliss-reactive ketones (excluding diaryl/α,β-unsaturated/α-hetero) is 1. The number of anilines is 2. The van der Waals surface area contributed by atoms with E-state index in [-0.39, 0.29) is 43.9 Å². The van der Waals surface area contributed by atoms with Gasteiger partial charge in [-0.1, -0.05) is 78.3 Å². The van der Waals surface area contributed by atoms with E-state index in [2.05, 4.69) is 39.3 Å². The monoisotopic (exact) mass is 1060 g/mol. The smallest absolute Gasteiger partial charge is 0.315 e. The van der Waals surface area contributed by atoms with Crippen LogP contribution in [0.1, 0.15) is 115 Å². The molecule has 0 aliphatic carbocycles. The van der Waals surface area contributed by atoms with E-state index in [4.69, 9.17) is 23.9 Å². The summed E-state index contributed by atoms with van der Waals surface area (Å²) in [6.07, 6.45) is 7.29. The van der Waals surface area contributed by atoms with Crippen LogP contribution >= 0.6 is 0 Å². The molecule has 6 heterocycles. The van der Waals surface area contributed by atoms with Crippen molar-refractivity contribution < 1.29 is 58.6 Å². The van der Waals surface area contributed by atoms with Gasteiger partial charge < -0.3 is 54.9 Å². The summed E-state index contributed by atoms with van der Waals surface area (Å²) in [7, 11) is 1.44. The predicted molar refractivity (Wildman–Crippen MR) is 291 cm³/mol. The number of fused-ring (bicyclic) bond motifs is 13. The number of ketones is 1. The van der Waals surface area contributed by atoms with E-state index in [0.29, 0.717) is 43.2 Å². The zero-order chi connectivity index (χ0) is 55.7. The maximum atomic E-state index is 15.0. The molecule has 6 N–H and O–H groups in total. The second-order valence-corrected chi connectivity index (χ2v) is 22.6. The molecule has 1 spiro atoms. The SMILES string of the molecule is CO[C@H]1/C=C/O[C@@]2(C)Oc3c(C)c(O)c4c(O)c(c5c(c4c3C2=O)NC2(CCN(CC(C)C)CC2)N=5)=NC(=O)/C(C)=C\C=C\[C@H](C)[C@H](O)[C@@H](C)[C@@H](O)[C@@H](C)[C@H](OC(=O)CC(=O)Nc2ccc(CN3CCCCC3)cc2)[C@@H]1C. The average molecular weight is 1060 g/mol. The predicted octanol–water partition coefficient (Wildman–Crippen LogP) is 6.74. The molecule has 5 bridgehead atoms. The van der Waals surface area contributed by atoms with Crippen molar-refractivity contribution in [1.82, 2.24) is 9.80 Å². The topological polar surface area (TPSA) is 241 Å². The summed E-state index contributed by atoms with van der Waals surface area (Å²) in [6, 6.07) is 7.52. The zero-order valence-corrected chi connectivity index (χ0v) is 46.2. The largest absolute Gasteiger partial charge is 0.507 e. The number of carbonyl (C=O) groups is 4. The molecule has 2 saturated heterocycles. The van der Waals surface area contributed by atoms with Crippen molar-refractivity contribution in [3.05, 3.63) is 87.8 Å². The van der Waals surface area contributed by atoms with Gasteiger partial charge in [0.25, 0.3) is 11.7 Å². The number of allylic oxidation sites excluding steroid dienone is 2. The van der Waals surface area contributed by atoms with E-state index >= 15 is 0 Å². The van der Waals surface area contributed by atoms with Crippen LogP contribution in [0, 0.1) is 36.5 Å². The van der Waals surface area contributed by atoms with Crippen molar-refractivity contribution in [3.8, 4) is 17.2 Å². The lowest BCUT2D eigenvalue weighted by Gasteiger charge is -2.38. The van der Waals surface area contributed by atoms with Crippen molar-refractivity contribution in [1.29, 1.82) is 0 Å². The molecule has 416 valence electrons. The van der Waals surface area contributed by atoms with Crippen molar-refractivity contribution in [2.24, 2.45) is 39.6 Å². The molecular formula is C59H78N6O12.